The average molecular weight is 355 g/mol. The van der Waals surface area contributed by atoms with Crippen LogP contribution in [0, 0.1) is 5.41 Å². The summed E-state index contributed by atoms with van der Waals surface area (Å²) in [7, 11) is 0. The summed E-state index contributed by atoms with van der Waals surface area (Å²) in [4.78, 5) is 25.0. The molecule has 1 aliphatic rings. The van der Waals surface area contributed by atoms with Gasteiger partial charge in [-0.3, -0.25) is 0 Å². The first-order valence-electron chi connectivity index (χ1n) is 6.87. The quantitative estimate of drug-likeness (QED) is 0.848. The summed E-state index contributed by atoms with van der Waals surface area (Å²) >= 11 is 3.32. The Labute approximate surface area is 132 Å². The second-order valence-electron chi connectivity index (χ2n) is 6.08. The van der Waals surface area contributed by atoms with Crippen molar-refractivity contribution < 1.29 is 14.7 Å². The molecule has 0 saturated carbocycles. The minimum absolute atomic E-state index is 0.147. The molecular formula is C15H19BrN2O3. The van der Waals surface area contributed by atoms with Crippen LogP contribution in [-0.2, 0) is 0 Å². The van der Waals surface area contributed by atoms with Crippen LogP contribution in [0.5, 0.6) is 0 Å². The van der Waals surface area contributed by atoms with Crippen LogP contribution in [0.3, 0.4) is 0 Å². The lowest BCUT2D eigenvalue weighted by Gasteiger charge is -2.36. The second kappa shape index (κ2) is 6.05. The van der Waals surface area contributed by atoms with E-state index in [4.69, 9.17) is 5.11 Å². The Bertz CT molecular complexity index is 562. The standard InChI is InChI=1S/C15H19BrN2O3/c1-15(2)5-7-18(8-6-15)14(21)17-12-9-10(13(19)20)3-4-11(12)16/h3-4,9H,5-8H2,1-2H3,(H,17,21)(H,19,20). The van der Waals surface area contributed by atoms with Gasteiger partial charge in [0, 0.05) is 17.6 Å². The van der Waals surface area contributed by atoms with Gasteiger partial charge in [-0.2, -0.15) is 0 Å². The van der Waals surface area contributed by atoms with Crippen molar-refractivity contribution in [2.75, 3.05) is 18.4 Å². The molecule has 1 aromatic carbocycles. The Hall–Kier alpha value is -1.56. The molecule has 0 bridgehead atoms. The van der Waals surface area contributed by atoms with Crippen LogP contribution in [0.25, 0.3) is 0 Å². The number of carboxylic acid groups (broad SMARTS) is 1. The summed E-state index contributed by atoms with van der Waals surface area (Å²) in [5.74, 6) is -1.02. The Morgan fingerprint density at radius 2 is 1.90 bits per heavy atom. The lowest BCUT2D eigenvalue weighted by atomic mass is 9.83. The Morgan fingerprint density at radius 1 is 1.29 bits per heavy atom. The molecule has 0 spiro atoms. The van der Waals surface area contributed by atoms with E-state index in [2.05, 4.69) is 35.1 Å². The summed E-state index contributed by atoms with van der Waals surface area (Å²) < 4.78 is 0.665. The van der Waals surface area contributed by atoms with Gasteiger partial charge in [0.2, 0.25) is 0 Å². The zero-order valence-electron chi connectivity index (χ0n) is 12.1. The Balaban J connectivity index is 2.06. The fourth-order valence-electron chi connectivity index (χ4n) is 2.26. The number of nitrogens with zero attached hydrogens (tertiary/aromatic N) is 1. The maximum absolute atomic E-state index is 12.3. The topological polar surface area (TPSA) is 69.6 Å². The molecule has 1 heterocycles. The van der Waals surface area contributed by atoms with Crippen molar-refractivity contribution in [1.82, 2.24) is 4.90 Å². The van der Waals surface area contributed by atoms with E-state index in [0.717, 1.165) is 25.9 Å². The zero-order chi connectivity index (χ0) is 15.6. The van der Waals surface area contributed by atoms with Crippen LogP contribution < -0.4 is 5.32 Å². The minimum Gasteiger partial charge on any atom is -0.478 e. The van der Waals surface area contributed by atoms with Crippen LogP contribution in [0.2, 0.25) is 0 Å². The number of hydrogen-bond acceptors (Lipinski definition) is 2. The number of carbonyl (C=O) groups excluding carboxylic acids is 1. The molecule has 1 saturated heterocycles. The number of aromatic carboxylic acids is 1. The van der Waals surface area contributed by atoms with Gasteiger partial charge in [0.25, 0.3) is 0 Å². The largest absolute Gasteiger partial charge is 0.478 e. The molecule has 0 aliphatic carbocycles. The van der Waals surface area contributed by atoms with E-state index in [1.165, 1.54) is 12.1 Å². The van der Waals surface area contributed by atoms with Crippen LogP contribution in [0.4, 0.5) is 10.5 Å². The monoisotopic (exact) mass is 354 g/mol. The minimum atomic E-state index is -1.02. The lowest BCUT2D eigenvalue weighted by Crippen LogP contribution is -2.43. The predicted molar refractivity (Wildman–Crippen MR) is 84.7 cm³/mol. The van der Waals surface area contributed by atoms with E-state index in [9.17, 15) is 9.59 Å². The SMILES string of the molecule is CC1(C)CCN(C(=O)Nc2cc(C(=O)O)ccc2Br)CC1. The first-order valence-corrected chi connectivity index (χ1v) is 7.67. The van der Waals surface area contributed by atoms with Crippen molar-refractivity contribution in [3.8, 4) is 0 Å². The van der Waals surface area contributed by atoms with Crippen LogP contribution in [0.1, 0.15) is 37.0 Å². The van der Waals surface area contributed by atoms with Crippen LogP contribution >= 0.6 is 15.9 Å². The molecular weight excluding hydrogens is 336 g/mol. The maximum Gasteiger partial charge on any atom is 0.335 e. The van der Waals surface area contributed by atoms with Crippen LogP contribution in [0.15, 0.2) is 22.7 Å². The van der Waals surface area contributed by atoms with Crippen molar-refractivity contribution in [2.45, 2.75) is 26.7 Å². The third-order valence-corrected chi connectivity index (χ3v) is 4.55. The van der Waals surface area contributed by atoms with E-state index in [1.54, 1.807) is 11.0 Å². The van der Waals surface area contributed by atoms with E-state index in [0.29, 0.717) is 10.2 Å². The van der Waals surface area contributed by atoms with Crippen molar-refractivity contribution in [1.29, 1.82) is 0 Å². The molecule has 2 rings (SSSR count). The average Bonchev–Trinajstić information content (AvgIpc) is 2.40. The fourth-order valence-corrected chi connectivity index (χ4v) is 2.61. The fraction of sp³-hybridized carbons (Fsp3) is 0.467. The van der Waals surface area contributed by atoms with Crippen molar-refractivity contribution >= 4 is 33.6 Å². The molecule has 2 N–H and O–H groups in total. The van der Waals surface area contributed by atoms with Crippen molar-refractivity contribution in [3.05, 3.63) is 28.2 Å². The summed E-state index contributed by atoms with van der Waals surface area (Å²) in [6.07, 6.45) is 1.94. The number of rotatable bonds is 2. The Kier molecular flexibility index (Phi) is 4.56. The van der Waals surface area contributed by atoms with Gasteiger partial charge in [0.1, 0.15) is 0 Å². The van der Waals surface area contributed by atoms with Crippen LogP contribution in [-0.4, -0.2) is 35.1 Å². The molecule has 5 nitrogen and oxygen atoms in total. The van der Waals surface area contributed by atoms with E-state index >= 15 is 0 Å². The highest BCUT2D eigenvalue weighted by Crippen LogP contribution is 2.30. The molecule has 0 aromatic heterocycles. The number of hydrogen-bond donors (Lipinski definition) is 2. The van der Waals surface area contributed by atoms with Gasteiger partial charge >= 0.3 is 12.0 Å². The number of piperidine rings is 1. The van der Waals surface area contributed by atoms with Gasteiger partial charge in [0.05, 0.1) is 11.3 Å². The van der Waals surface area contributed by atoms with Crippen molar-refractivity contribution in [2.24, 2.45) is 5.41 Å². The highest BCUT2D eigenvalue weighted by atomic mass is 79.9. The predicted octanol–water partition coefficient (Wildman–Crippen LogP) is 3.80. The van der Waals surface area contributed by atoms with Gasteiger partial charge in [0.15, 0.2) is 0 Å². The number of anilines is 1. The molecule has 0 radical (unpaired) electrons. The molecule has 21 heavy (non-hydrogen) atoms. The van der Waals surface area contributed by atoms with Gasteiger partial charge in [-0.05, 0) is 52.4 Å². The number of amides is 2. The first-order chi connectivity index (χ1) is 9.78. The first kappa shape index (κ1) is 15.8. The maximum atomic E-state index is 12.3. The summed E-state index contributed by atoms with van der Waals surface area (Å²) in [5.41, 5.74) is 0.902. The van der Waals surface area contributed by atoms with E-state index in [-0.39, 0.29) is 17.0 Å². The molecule has 2 amide bonds. The summed E-state index contributed by atoms with van der Waals surface area (Å²) in [6, 6.07) is 4.39. The molecule has 1 fully saturated rings. The highest BCUT2D eigenvalue weighted by Gasteiger charge is 2.28. The van der Waals surface area contributed by atoms with E-state index < -0.39 is 5.97 Å². The lowest BCUT2D eigenvalue weighted by molar-refractivity contribution is 0.0697. The highest BCUT2D eigenvalue weighted by molar-refractivity contribution is 9.10. The number of benzene rings is 1. The van der Waals surface area contributed by atoms with Gasteiger partial charge in [-0.1, -0.05) is 13.8 Å². The molecule has 1 aliphatic heterocycles. The molecule has 0 atom stereocenters. The number of carbonyl (C=O) groups is 2. The summed E-state index contributed by atoms with van der Waals surface area (Å²) in [5, 5.41) is 11.8. The molecule has 114 valence electrons. The van der Waals surface area contributed by atoms with E-state index in [1.807, 2.05) is 0 Å². The summed E-state index contributed by atoms with van der Waals surface area (Å²) in [6.45, 7) is 5.84. The zero-order valence-corrected chi connectivity index (χ0v) is 13.7. The third-order valence-electron chi connectivity index (χ3n) is 3.86. The van der Waals surface area contributed by atoms with Crippen molar-refractivity contribution in [3.63, 3.8) is 0 Å². The normalized spacial score (nSPS) is 17.4. The smallest absolute Gasteiger partial charge is 0.335 e. The number of halogens is 1. The Morgan fingerprint density at radius 3 is 2.48 bits per heavy atom. The number of likely N-dealkylation sites (tertiary alicyclic amines) is 1. The number of urea groups is 1. The van der Waals surface area contributed by atoms with Gasteiger partial charge in [-0.15, -0.1) is 0 Å². The third kappa shape index (κ3) is 3.97. The molecule has 1 aromatic rings. The number of nitrogens with one attached hydrogen (secondary N) is 1. The molecule has 0 unspecified atom stereocenters. The van der Waals surface area contributed by atoms with Gasteiger partial charge in [-0.25, -0.2) is 9.59 Å². The van der Waals surface area contributed by atoms with Gasteiger partial charge < -0.3 is 15.3 Å². The number of carboxylic acids is 1. The molecule has 6 heteroatoms. The second-order valence-corrected chi connectivity index (χ2v) is 6.94.